The molecule has 0 unspecified atom stereocenters. The smallest absolute Gasteiger partial charge is 0.233 e. The topological polar surface area (TPSA) is 72.1 Å². The number of nitrogens with two attached hydrogens (primary N) is 1. The van der Waals surface area contributed by atoms with Crippen LogP contribution in [0.3, 0.4) is 0 Å². The molecule has 3 aromatic rings. The second kappa shape index (κ2) is 7.41. The van der Waals surface area contributed by atoms with Crippen LogP contribution in [0.5, 0.6) is 0 Å². The summed E-state index contributed by atoms with van der Waals surface area (Å²) in [5, 5.41) is 1.48. The van der Waals surface area contributed by atoms with Crippen LogP contribution in [0, 0.1) is 13.8 Å². The highest BCUT2D eigenvalue weighted by Crippen LogP contribution is 2.33. The Bertz CT molecular complexity index is 908. The summed E-state index contributed by atoms with van der Waals surface area (Å²) in [4.78, 5) is 25.0. The molecule has 2 heterocycles. The molecule has 0 aliphatic heterocycles. The molecule has 5 nitrogen and oxygen atoms in total. The van der Waals surface area contributed by atoms with Gasteiger partial charge in [0.15, 0.2) is 5.16 Å². The van der Waals surface area contributed by atoms with Crippen molar-refractivity contribution in [3.8, 4) is 0 Å². The maximum absolute atomic E-state index is 12.3. The van der Waals surface area contributed by atoms with E-state index in [-0.39, 0.29) is 11.7 Å². The average Bonchev–Trinajstić information content (AvgIpc) is 2.88. The van der Waals surface area contributed by atoms with Gasteiger partial charge in [0.1, 0.15) is 10.6 Å². The fourth-order valence-corrected chi connectivity index (χ4v) is 4.39. The molecule has 0 radical (unpaired) electrons. The van der Waals surface area contributed by atoms with E-state index in [1.54, 1.807) is 23.3 Å². The molecule has 0 aliphatic carbocycles. The van der Waals surface area contributed by atoms with Gasteiger partial charge in [-0.3, -0.25) is 4.79 Å². The molecule has 0 saturated carbocycles. The molecule has 0 saturated heterocycles. The van der Waals surface area contributed by atoms with Crippen molar-refractivity contribution >= 4 is 45.0 Å². The number of nitrogens with zero attached hydrogens (tertiary/aromatic N) is 3. The number of rotatable bonds is 5. The molecule has 2 N–H and O–H groups in total. The number of hydrogen-bond acceptors (Lipinski definition) is 6. The number of carbonyl (C=O) groups excluding carboxylic acids is 1. The first-order valence-electron chi connectivity index (χ1n) is 7.89. The summed E-state index contributed by atoms with van der Waals surface area (Å²) in [7, 11) is 1.81. The maximum Gasteiger partial charge on any atom is 0.233 e. The second-order valence-electron chi connectivity index (χ2n) is 5.88. The zero-order chi connectivity index (χ0) is 18.0. The third-order valence-electron chi connectivity index (χ3n) is 4.05. The molecule has 3 rings (SSSR count). The van der Waals surface area contributed by atoms with Crippen molar-refractivity contribution in [2.24, 2.45) is 0 Å². The van der Waals surface area contributed by atoms with Crippen molar-refractivity contribution in [1.82, 2.24) is 14.9 Å². The molecule has 2 aromatic heterocycles. The molecular formula is C18H20N4OS2. The Morgan fingerprint density at radius 1 is 1.24 bits per heavy atom. The van der Waals surface area contributed by atoms with E-state index in [1.807, 2.05) is 37.3 Å². The molecule has 1 aromatic carbocycles. The fourth-order valence-electron chi connectivity index (χ4n) is 2.51. The van der Waals surface area contributed by atoms with Gasteiger partial charge < -0.3 is 10.6 Å². The molecule has 7 heteroatoms. The second-order valence-corrected chi connectivity index (χ2v) is 8.02. The fraction of sp³-hybridized carbons (Fsp3) is 0.278. The Morgan fingerprint density at radius 3 is 2.68 bits per heavy atom. The van der Waals surface area contributed by atoms with E-state index < -0.39 is 0 Å². The minimum atomic E-state index is 0.0367. The van der Waals surface area contributed by atoms with Crippen LogP contribution in [0.1, 0.15) is 16.0 Å². The zero-order valence-electron chi connectivity index (χ0n) is 14.4. The van der Waals surface area contributed by atoms with Gasteiger partial charge in [-0.05, 0) is 25.0 Å². The van der Waals surface area contributed by atoms with Gasteiger partial charge in [0.05, 0.1) is 11.1 Å². The molecule has 0 atom stereocenters. The van der Waals surface area contributed by atoms with Crippen molar-refractivity contribution in [2.75, 3.05) is 18.5 Å². The van der Waals surface area contributed by atoms with Crippen LogP contribution in [0.15, 0.2) is 35.5 Å². The first-order chi connectivity index (χ1) is 12.0. The SMILES string of the molecule is Cc1sc2nc(SCC(=O)N(C)Cc3ccccc3)nc(N)c2c1C. The molecule has 25 heavy (non-hydrogen) atoms. The minimum Gasteiger partial charge on any atom is -0.383 e. The number of carbonyl (C=O) groups is 1. The monoisotopic (exact) mass is 372 g/mol. The van der Waals surface area contributed by atoms with Crippen molar-refractivity contribution in [1.29, 1.82) is 0 Å². The van der Waals surface area contributed by atoms with E-state index in [0.717, 1.165) is 21.3 Å². The van der Waals surface area contributed by atoms with Crippen LogP contribution in [0.2, 0.25) is 0 Å². The molecule has 1 amide bonds. The van der Waals surface area contributed by atoms with Crippen LogP contribution in [-0.2, 0) is 11.3 Å². The number of thiophene rings is 1. The number of hydrogen-bond donors (Lipinski definition) is 1. The standard InChI is InChI=1S/C18H20N4OS2/c1-11-12(2)25-17-15(11)16(19)20-18(21-17)24-10-14(23)22(3)9-13-7-5-4-6-8-13/h4-8H,9-10H2,1-3H3,(H2,19,20,21). The summed E-state index contributed by atoms with van der Waals surface area (Å²) in [6.45, 7) is 4.67. The summed E-state index contributed by atoms with van der Waals surface area (Å²) in [6, 6.07) is 9.93. The highest BCUT2D eigenvalue weighted by atomic mass is 32.2. The van der Waals surface area contributed by atoms with Crippen LogP contribution in [-0.4, -0.2) is 33.6 Å². The van der Waals surface area contributed by atoms with Crippen molar-refractivity contribution < 1.29 is 4.79 Å². The number of aromatic nitrogens is 2. The predicted molar refractivity (Wildman–Crippen MR) is 105 cm³/mol. The number of fused-ring (bicyclic) bond motifs is 1. The third kappa shape index (κ3) is 3.93. The molecule has 0 fully saturated rings. The number of amides is 1. The summed E-state index contributed by atoms with van der Waals surface area (Å²) >= 11 is 2.93. The summed E-state index contributed by atoms with van der Waals surface area (Å²) in [5.74, 6) is 0.812. The Labute approximate surface area is 155 Å². The molecule has 0 bridgehead atoms. The predicted octanol–water partition coefficient (Wildman–Crippen LogP) is 3.64. The Morgan fingerprint density at radius 2 is 1.96 bits per heavy atom. The van der Waals surface area contributed by atoms with Gasteiger partial charge in [0.2, 0.25) is 5.91 Å². The van der Waals surface area contributed by atoms with Gasteiger partial charge in [-0.1, -0.05) is 42.1 Å². The number of aryl methyl sites for hydroxylation is 2. The highest BCUT2D eigenvalue weighted by molar-refractivity contribution is 7.99. The Balaban J connectivity index is 1.66. The maximum atomic E-state index is 12.3. The van der Waals surface area contributed by atoms with Crippen molar-refractivity contribution in [3.63, 3.8) is 0 Å². The van der Waals surface area contributed by atoms with Gasteiger partial charge in [-0.2, -0.15) is 0 Å². The number of nitrogen functional groups attached to an aromatic ring is 1. The first-order valence-corrected chi connectivity index (χ1v) is 9.70. The van der Waals surface area contributed by atoms with Gasteiger partial charge >= 0.3 is 0 Å². The van der Waals surface area contributed by atoms with E-state index in [9.17, 15) is 4.79 Å². The van der Waals surface area contributed by atoms with Crippen LogP contribution >= 0.6 is 23.1 Å². The van der Waals surface area contributed by atoms with E-state index in [4.69, 9.17) is 5.73 Å². The molecular weight excluding hydrogens is 352 g/mol. The largest absolute Gasteiger partial charge is 0.383 e. The summed E-state index contributed by atoms with van der Waals surface area (Å²) < 4.78 is 0. The van der Waals surface area contributed by atoms with E-state index in [2.05, 4.69) is 16.9 Å². The van der Waals surface area contributed by atoms with Gasteiger partial charge in [0.25, 0.3) is 0 Å². The van der Waals surface area contributed by atoms with Crippen LogP contribution in [0.4, 0.5) is 5.82 Å². The highest BCUT2D eigenvalue weighted by Gasteiger charge is 2.15. The van der Waals surface area contributed by atoms with E-state index in [1.165, 1.54) is 16.6 Å². The molecule has 0 spiro atoms. The third-order valence-corrected chi connectivity index (χ3v) is 5.98. The summed E-state index contributed by atoms with van der Waals surface area (Å²) in [5.41, 5.74) is 8.32. The minimum absolute atomic E-state index is 0.0367. The molecule has 130 valence electrons. The lowest BCUT2D eigenvalue weighted by Gasteiger charge is -2.16. The van der Waals surface area contributed by atoms with Crippen molar-refractivity contribution in [2.45, 2.75) is 25.5 Å². The average molecular weight is 373 g/mol. The summed E-state index contributed by atoms with van der Waals surface area (Å²) in [6.07, 6.45) is 0. The Kier molecular flexibility index (Phi) is 5.24. The van der Waals surface area contributed by atoms with Gasteiger partial charge in [-0.25, -0.2) is 9.97 Å². The van der Waals surface area contributed by atoms with E-state index >= 15 is 0 Å². The van der Waals surface area contributed by atoms with Gasteiger partial charge in [0, 0.05) is 18.5 Å². The number of thioether (sulfide) groups is 1. The van der Waals surface area contributed by atoms with Crippen LogP contribution < -0.4 is 5.73 Å². The van der Waals surface area contributed by atoms with Crippen molar-refractivity contribution in [3.05, 3.63) is 46.3 Å². The lowest BCUT2D eigenvalue weighted by atomic mass is 10.2. The van der Waals surface area contributed by atoms with E-state index in [0.29, 0.717) is 17.5 Å². The normalized spacial score (nSPS) is 11.0. The van der Waals surface area contributed by atoms with Crippen LogP contribution in [0.25, 0.3) is 10.2 Å². The zero-order valence-corrected chi connectivity index (χ0v) is 16.1. The first kappa shape index (κ1) is 17.7. The Hall–Kier alpha value is -2.12. The quantitative estimate of drug-likeness (QED) is 0.547. The lowest BCUT2D eigenvalue weighted by Crippen LogP contribution is -2.27. The number of benzene rings is 1. The number of anilines is 1. The lowest BCUT2D eigenvalue weighted by molar-refractivity contribution is -0.127. The molecule has 0 aliphatic rings. The van der Waals surface area contributed by atoms with Gasteiger partial charge in [-0.15, -0.1) is 11.3 Å².